The van der Waals surface area contributed by atoms with Gasteiger partial charge in [-0.1, -0.05) is 42.5 Å². The summed E-state index contributed by atoms with van der Waals surface area (Å²) in [6.45, 7) is 1.36. The van der Waals surface area contributed by atoms with Gasteiger partial charge in [0.05, 0.1) is 17.4 Å². The van der Waals surface area contributed by atoms with Crippen LogP contribution in [0.2, 0.25) is 0 Å². The van der Waals surface area contributed by atoms with Crippen LogP contribution >= 0.6 is 11.8 Å². The lowest BCUT2D eigenvalue weighted by molar-refractivity contribution is -0.160. The maximum atomic E-state index is 13.0. The predicted octanol–water partition coefficient (Wildman–Crippen LogP) is 3.40. The Labute approximate surface area is 173 Å². The van der Waals surface area contributed by atoms with Crippen molar-refractivity contribution in [1.82, 2.24) is 4.90 Å². The molecule has 0 aromatic heterocycles. The minimum absolute atomic E-state index is 0.0958. The monoisotopic (exact) mass is 410 g/mol. The number of para-hydroxylation sites is 1. The highest BCUT2D eigenvalue weighted by atomic mass is 32.2. The number of nitrogens with one attached hydrogen (secondary N) is 1. The number of nitrogens with zero attached hydrogens (tertiary/aromatic N) is 1. The molecule has 1 saturated heterocycles. The van der Waals surface area contributed by atoms with Crippen LogP contribution in [0.5, 0.6) is 0 Å². The van der Waals surface area contributed by atoms with E-state index in [9.17, 15) is 14.4 Å². The molecule has 2 aliphatic rings. The van der Waals surface area contributed by atoms with Crippen LogP contribution in [-0.2, 0) is 19.1 Å². The number of likely N-dealkylation sites (tertiary alicyclic amines) is 1. The van der Waals surface area contributed by atoms with Crippen molar-refractivity contribution < 1.29 is 19.1 Å². The molecule has 6 nitrogen and oxygen atoms in total. The van der Waals surface area contributed by atoms with Crippen molar-refractivity contribution in [1.29, 1.82) is 0 Å². The fraction of sp³-hybridized carbons (Fsp3) is 0.318. The molecule has 1 N–H and O–H groups in total. The van der Waals surface area contributed by atoms with Crippen LogP contribution in [0.3, 0.4) is 0 Å². The first-order valence-corrected chi connectivity index (χ1v) is 10.6. The molecule has 0 bridgehead atoms. The largest absolute Gasteiger partial charge is 0.447 e. The Hall–Kier alpha value is -2.80. The third kappa shape index (κ3) is 4.45. The third-order valence-corrected chi connectivity index (χ3v) is 6.33. The summed E-state index contributed by atoms with van der Waals surface area (Å²) >= 11 is 1.34. The second-order valence-electron chi connectivity index (χ2n) is 7.11. The molecule has 4 rings (SSSR count). The van der Waals surface area contributed by atoms with Gasteiger partial charge < -0.3 is 15.0 Å². The Morgan fingerprint density at radius 3 is 2.52 bits per heavy atom. The van der Waals surface area contributed by atoms with Gasteiger partial charge in [-0.25, -0.2) is 0 Å². The molecule has 2 aliphatic heterocycles. The van der Waals surface area contributed by atoms with Crippen LogP contribution in [0.1, 0.15) is 30.9 Å². The van der Waals surface area contributed by atoms with Crippen LogP contribution in [0.4, 0.5) is 5.69 Å². The molecule has 2 aromatic rings. The van der Waals surface area contributed by atoms with Crippen LogP contribution < -0.4 is 5.32 Å². The topological polar surface area (TPSA) is 75.7 Å². The van der Waals surface area contributed by atoms with E-state index >= 15 is 0 Å². The maximum Gasteiger partial charge on any atom is 0.308 e. The van der Waals surface area contributed by atoms with Crippen molar-refractivity contribution in [2.75, 3.05) is 18.4 Å². The lowest BCUT2D eigenvalue weighted by atomic mass is 10.1. The zero-order valence-electron chi connectivity index (χ0n) is 15.9. The molecule has 7 heteroatoms. The number of esters is 1. The Bertz CT molecular complexity index is 912. The van der Waals surface area contributed by atoms with E-state index in [0.29, 0.717) is 18.7 Å². The number of anilines is 1. The van der Waals surface area contributed by atoms with Gasteiger partial charge in [0.1, 0.15) is 0 Å². The van der Waals surface area contributed by atoms with E-state index < -0.39 is 17.3 Å². The molecular formula is C22H22N2O4S. The molecular weight excluding hydrogens is 388 g/mol. The first-order valence-electron chi connectivity index (χ1n) is 9.71. The highest BCUT2D eigenvalue weighted by Gasteiger charge is 2.34. The summed E-state index contributed by atoms with van der Waals surface area (Å²) in [5.41, 5.74) is 1.39. The van der Waals surface area contributed by atoms with Crippen molar-refractivity contribution in [2.45, 2.75) is 35.5 Å². The molecule has 2 heterocycles. The van der Waals surface area contributed by atoms with Crippen LogP contribution in [0, 0.1) is 0 Å². The van der Waals surface area contributed by atoms with Crippen LogP contribution in [0.25, 0.3) is 0 Å². The van der Waals surface area contributed by atoms with E-state index in [4.69, 9.17) is 4.74 Å². The van der Waals surface area contributed by atoms with Crippen LogP contribution in [0.15, 0.2) is 59.5 Å². The van der Waals surface area contributed by atoms with Gasteiger partial charge in [-0.05, 0) is 25.0 Å². The van der Waals surface area contributed by atoms with E-state index in [0.717, 1.165) is 23.4 Å². The zero-order chi connectivity index (χ0) is 20.2. The van der Waals surface area contributed by atoms with Crippen LogP contribution in [-0.4, -0.2) is 41.0 Å². The highest BCUT2D eigenvalue weighted by molar-refractivity contribution is 8.01. The van der Waals surface area contributed by atoms with Gasteiger partial charge in [-0.15, -0.1) is 11.8 Å². The summed E-state index contributed by atoms with van der Waals surface area (Å²) in [5.74, 6) is -0.987. The highest BCUT2D eigenvalue weighted by Crippen LogP contribution is 2.37. The number of hydrogen-bond donors (Lipinski definition) is 1. The quantitative estimate of drug-likeness (QED) is 0.765. The average molecular weight is 410 g/mol. The zero-order valence-corrected chi connectivity index (χ0v) is 16.7. The SMILES string of the molecule is O=C(C[C@@H]1Sc2ccccc2NC1=O)O[C@H](C(=O)N1CCCC1)c1ccccc1. The Balaban J connectivity index is 1.47. The van der Waals surface area contributed by atoms with Crippen molar-refractivity contribution in [3.8, 4) is 0 Å². The fourth-order valence-corrected chi connectivity index (χ4v) is 4.65. The van der Waals surface area contributed by atoms with Crippen molar-refractivity contribution in [2.24, 2.45) is 0 Å². The summed E-state index contributed by atoms with van der Waals surface area (Å²) in [4.78, 5) is 40.7. The average Bonchev–Trinajstić information content (AvgIpc) is 3.28. The van der Waals surface area contributed by atoms with Crippen molar-refractivity contribution in [3.05, 3.63) is 60.2 Å². The van der Waals surface area contributed by atoms with Gasteiger partial charge in [0, 0.05) is 23.5 Å². The predicted molar refractivity (Wildman–Crippen MR) is 110 cm³/mol. The second kappa shape index (κ2) is 8.69. The molecule has 0 saturated carbocycles. The van der Waals surface area contributed by atoms with Gasteiger partial charge in [-0.3, -0.25) is 14.4 Å². The van der Waals surface area contributed by atoms with E-state index in [1.807, 2.05) is 42.5 Å². The number of carbonyl (C=O) groups excluding carboxylic acids is 3. The van der Waals surface area contributed by atoms with Gasteiger partial charge >= 0.3 is 5.97 Å². The number of amides is 2. The number of benzene rings is 2. The standard InChI is InChI=1S/C22H22N2O4S/c25-19(14-18-21(26)23-16-10-4-5-11-17(16)29-18)28-20(15-8-2-1-3-9-15)22(27)24-12-6-7-13-24/h1-5,8-11,18,20H,6-7,12-14H2,(H,23,26)/t18-,20-/m0/s1. The minimum Gasteiger partial charge on any atom is -0.447 e. The van der Waals surface area contributed by atoms with E-state index in [1.165, 1.54) is 11.8 Å². The molecule has 0 unspecified atom stereocenters. The van der Waals surface area contributed by atoms with E-state index in [2.05, 4.69) is 5.32 Å². The van der Waals surface area contributed by atoms with Gasteiger partial charge in [0.2, 0.25) is 12.0 Å². The molecule has 2 aromatic carbocycles. The number of thioether (sulfide) groups is 1. The minimum atomic E-state index is -0.981. The van der Waals surface area contributed by atoms with Crippen molar-refractivity contribution in [3.63, 3.8) is 0 Å². The molecule has 29 heavy (non-hydrogen) atoms. The molecule has 2 atom stereocenters. The summed E-state index contributed by atoms with van der Waals surface area (Å²) < 4.78 is 5.63. The molecule has 0 radical (unpaired) electrons. The maximum absolute atomic E-state index is 13.0. The number of carbonyl (C=O) groups is 3. The van der Waals surface area contributed by atoms with Gasteiger partial charge in [0.15, 0.2) is 0 Å². The van der Waals surface area contributed by atoms with E-state index in [-0.39, 0.29) is 18.2 Å². The summed E-state index contributed by atoms with van der Waals surface area (Å²) in [7, 11) is 0. The molecule has 2 amide bonds. The lowest BCUT2D eigenvalue weighted by Gasteiger charge is -2.26. The van der Waals surface area contributed by atoms with E-state index in [1.54, 1.807) is 17.0 Å². The number of rotatable bonds is 5. The second-order valence-corrected chi connectivity index (χ2v) is 8.35. The molecule has 1 fully saturated rings. The summed E-state index contributed by atoms with van der Waals surface area (Å²) in [6, 6.07) is 16.5. The number of fused-ring (bicyclic) bond motifs is 1. The molecule has 0 aliphatic carbocycles. The fourth-order valence-electron chi connectivity index (χ4n) is 3.55. The first-order chi connectivity index (χ1) is 14.1. The molecule has 0 spiro atoms. The number of ether oxygens (including phenoxy) is 1. The van der Waals surface area contributed by atoms with Gasteiger partial charge in [-0.2, -0.15) is 0 Å². The summed E-state index contributed by atoms with van der Waals surface area (Å²) in [5, 5.41) is 2.24. The summed E-state index contributed by atoms with van der Waals surface area (Å²) in [6.07, 6.45) is 0.839. The number of hydrogen-bond acceptors (Lipinski definition) is 5. The Morgan fingerprint density at radius 1 is 1.07 bits per heavy atom. The van der Waals surface area contributed by atoms with Crippen molar-refractivity contribution >= 4 is 35.2 Å². The smallest absolute Gasteiger partial charge is 0.308 e. The lowest BCUT2D eigenvalue weighted by Crippen LogP contribution is -2.36. The Morgan fingerprint density at radius 2 is 1.76 bits per heavy atom. The third-order valence-electron chi connectivity index (χ3n) is 5.05. The Kier molecular flexibility index (Phi) is 5.85. The first kappa shape index (κ1) is 19.5. The molecule has 150 valence electrons. The van der Waals surface area contributed by atoms with Gasteiger partial charge in [0.25, 0.3) is 5.91 Å². The normalized spacial score (nSPS) is 19.2.